The van der Waals surface area contributed by atoms with Crippen LogP contribution >= 0.6 is 0 Å². The van der Waals surface area contributed by atoms with E-state index in [1.54, 1.807) is 55.5 Å². The average Bonchev–Trinajstić information content (AvgIpc) is 3.39. The molecule has 2 heterocycles. The number of hydrogen-bond donors (Lipinski definition) is 2. The predicted molar refractivity (Wildman–Crippen MR) is 139 cm³/mol. The molecule has 2 N–H and O–H groups in total. The van der Waals surface area contributed by atoms with Gasteiger partial charge in [0.05, 0.1) is 0 Å². The number of rotatable bonds is 6. The largest absolute Gasteiger partial charge is 0.508 e. The molecule has 8 heteroatoms. The summed E-state index contributed by atoms with van der Waals surface area (Å²) in [5.41, 5.74) is 4.18. The zero-order valence-corrected chi connectivity index (χ0v) is 21.2. The van der Waals surface area contributed by atoms with Crippen molar-refractivity contribution >= 4 is 11.1 Å². The summed E-state index contributed by atoms with van der Waals surface area (Å²) in [7, 11) is 0. The highest BCUT2D eigenvalue weighted by atomic mass is 19.4. The van der Waals surface area contributed by atoms with E-state index in [9.17, 15) is 23.4 Å². The molecule has 0 aromatic heterocycles. The van der Waals surface area contributed by atoms with Crippen molar-refractivity contribution in [1.82, 2.24) is 4.90 Å². The normalized spacial score (nSPS) is 20.7. The first-order chi connectivity index (χ1) is 18.1. The van der Waals surface area contributed by atoms with Crippen molar-refractivity contribution in [2.24, 2.45) is 0 Å². The predicted octanol–water partition coefficient (Wildman–Crippen LogP) is 6.96. The molecule has 3 aromatic carbocycles. The van der Waals surface area contributed by atoms with E-state index in [0.29, 0.717) is 24.5 Å². The second-order valence-electron chi connectivity index (χ2n) is 9.93. The lowest BCUT2D eigenvalue weighted by atomic mass is 9.86. The summed E-state index contributed by atoms with van der Waals surface area (Å²) in [5, 5.41) is 20.2. The van der Waals surface area contributed by atoms with Crippen molar-refractivity contribution < 1.29 is 32.9 Å². The van der Waals surface area contributed by atoms with Gasteiger partial charge in [-0.25, -0.2) is 0 Å². The number of allylic oxidation sites excluding steroid dienone is 1. The smallest absolute Gasteiger partial charge is 0.404 e. The zero-order valence-electron chi connectivity index (χ0n) is 21.2. The molecule has 3 aromatic rings. The van der Waals surface area contributed by atoms with Gasteiger partial charge in [0, 0.05) is 17.2 Å². The molecule has 5 rings (SSSR count). The molecule has 0 bridgehead atoms. The lowest BCUT2D eigenvalue weighted by Crippen LogP contribution is -2.47. The molecule has 0 aliphatic carbocycles. The Morgan fingerprint density at radius 1 is 1.03 bits per heavy atom. The molecule has 1 fully saturated rings. The van der Waals surface area contributed by atoms with Crippen LogP contribution in [0.15, 0.2) is 66.7 Å². The molecular weight excluding hydrogens is 495 g/mol. The first-order valence-electron chi connectivity index (χ1n) is 12.7. The third-order valence-corrected chi connectivity index (χ3v) is 7.35. The van der Waals surface area contributed by atoms with Crippen molar-refractivity contribution in [3.63, 3.8) is 0 Å². The van der Waals surface area contributed by atoms with Crippen LogP contribution in [0.3, 0.4) is 0 Å². The lowest BCUT2D eigenvalue weighted by molar-refractivity contribution is -0.181. The lowest BCUT2D eigenvalue weighted by Gasteiger charge is -2.32. The fraction of sp³-hybridized carbons (Fsp3) is 0.333. The van der Waals surface area contributed by atoms with Gasteiger partial charge in [0.15, 0.2) is 0 Å². The number of likely N-dealkylation sites (tertiary alicyclic amines) is 1. The van der Waals surface area contributed by atoms with Crippen LogP contribution in [0.1, 0.15) is 49.5 Å². The van der Waals surface area contributed by atoms with E-state index in [4.69, 9.17) is 9.47 Å². The molecule has 0 saturated carbocycles. The van der Waals surface area contributed by atoms with Crippen LogP contribution in [-0.2, 0) is 0 Å². The van der Waals surface area contributed by atoms with Crippen LogP contribution in [0.5, 0.6) is 23.0 Å². The zero-order chi connectivity index (χ0) is 27.0. The Morgan fingerprint density at radius 2 is 1.76 bits per heavy atom. The topological polar surface area (TPSA) is 62.2 Å². The van der Waals surface area contributed by atoms with Crippen LogP contribution in [-0.4, -0.2) is 46.5 Å². The van der Waals surface area contributed by atoms with E-state index in [2.05, 4.69) is 0 Å². The van der Waals surface area contributed by atoms with E-state index in [0.717, 1.165) is 27.8 Å². The molecule has 200 valence electrons. The second kappa shape index (κ2) is 10.3. The Hall–Kier alpha value is -3.65. The van der Waals surface area contributed by atoms with Crippen LogP contribution in [0.2, 0.25) is 0 Å². The van der Waals surface area contributed by atoms with E-state index in [1.165, 1.54) is 4.90 Å². The first kappa shape index (κ1) is 26.0. The number of benzene rings is 3. The van der Waals surface area contributed by atoms with E-state index in [1.807, 2.05) is 25.1 Å². The minimum absolute atomic E-state index is 0.126. The fourth-order valence-electron chi connectivity index (χ4n) is 5.44. The Kier molecular flexibility index (Phi) is 7.01. The molecule has 0 amide bonds. The number of fused-ring (bicyclic) bond motifs is 1. The quantitative estimate of drug-likeness (QED) is 0.365. The van der Waals surface area contributed by atoms with Crippen LogP contribution in [0.4, 0.5) is 13.2 Å². The highest BCUT2D eigenvalue weighted by Crippen LogP contribution is 2.47. The van der Waals surface area contributed by atoms with E-state index in [-0.39, 0.29) is 30.6 Å². The molecule has 2 aliphatic rings. The van der Waals surface area contributed by atoms with Gasteiger partial charge in [-0.3, -0.25) is 4.90 Å². The summed E-state index contributed by atoms with van der Waals surface area (Å²) in [6.07, 6.45) is -4.06. The highest BCUT2D eigenvalue weighted by Gasteiger charge is 2.47. The molecule has 0 spiro atoms. The molecule has 1 unspecified atom stereocenters. The van der Waals surface area contributed by atoms with Crippen LogP contribution < -0.4 is 9.47 Å². The van der Waals surface area contributed by atoms with Gasteiger partial charge >= 0.3 is 6.18 Å². The van der Waals surface area contributed by atoms with Gasteiger partial charge < -0.3 is 19.7 Å². The Labute approximate surface area is 219 Å². The molecule has 2 aliphatic heterocycles. The van der Waals surface area contributed by atoms with Crippen molar-refractivity contribution in [2.75, 3.05) is 13.2 Å². The summed E-state index contributed by atoms with van der Waals surface area (Å²) < 4.78 is 52.3. The molecular formula is C30H30F3NO4. The van der Waals surface area contributed by atoms with Gasteiger partial charge in [-0.15, -0.1) is 0 Å². The van der Waals surface area contributed by atoms with Gasteiger partial charge in [-0.2, -0.15) is 13.2 Å². The van der Waals surface area contributed by atoms with Gasteiger partial charge in [0.25, 0.3) is 0 Å². The second-order valence-corrected chi connectivity index (χ2v) is 9.93. The van der Waals surface area contributed by atoms with Gasteiger partial charge in [-0.05, 0) is 92.4 Å². The van der Waals surface area contributed by atoms with Gasteiger partial charge in [0.1, 0.15) is 41.8 Å². The number of alkyl halides is 3. The van der Waals surface area contributed by atoms with Crippen LogP contribution in [0, 0.1) is 0 Å². The van der Waals surface area contributed by atoms with Crippen molar-refractivity contribution in [1.29, 1.82) is 0 Å². The minimum atomic E-state index is -4.23. The Bertz CT molecular complexity index is 1340. The maximum atomic E-state index is 13.3. The standard InChI is InChI=1S/C30H30F3NO4/c1-18(34-14-4-7-27(34)30(31,32)33)17-37-24-11-8-20(9-12-24)29-28(21-5-3-6-22(35)15-21)19(2)25-16-23(36)10-13-26(25)38-29/h3,5-6,8-13,15-16,18,27,29,35-36H,4,7,14,17H2,1-2H3/t18-,27-,29?/m0/s1. The van der Waals surface area contributed by atoms with Crippen LogP contribution in [0.25, 0.3) is 11.1 Å². The third kappa shape index (κ3) is 5.18. The first-order valence-corrected chi connectivity index (χ1v) is 12.7. The number of phenolic OH excluding ortho intramolecular Hbond substituents is 2. The monoisotopic (exact) mass is 525 g/mol. The van der Waals surface area contributed by atoms with Crippen molar-refractivity contribution in [3.05, 3.63) is 83.4 Å². The minimum Gasteiger partial charge on any atom is -0.508 e. The van der Waals surface area contributed by atoms with Gasteiger partial charge in [0.2, 0.25) is 0 Å². The van der Waals surface area contributed by atoms with Gasteiger partial charge in [-0.1, -0.05) is 24.3 Å². The number of aromatic hydroxyl groups is 2. The molecule has 0 radical (unpaired) electrons. The maximum absolute atomic E-state index is 13.3. The third-order valence-electron chi connectivity index (χ3n) is 7.35. The summed E-state index contributed by atoms with van der Waals surface area (Å²) in [4.78, 5) is 1.48. The number of hydrogen-bond acceptors (Lipinski definition) is 5. The fourth-order valence-corrected chi connectivity index (χ4v) is 5.44. The van der Waals surface area contributed by atoms with E-state index < -0.39 is 18.3 Å². The molecule has 5 nitrogen and oxygen atoms in total. The Balaban J connectivity index is 1.37. The van der Waals surface area contributed by atoms with Crippen molar-refractivity contribution in [2.45, 2.75) is 51.1 Å². The average molecular weight is 526 g/mol. The maximum Gasteiger partial charge on any atom is 0.404 e. The van der Waals surface area contributed by atoms with E-state index >= 15 is 0 Å². The summed E-state index contributed by atoms with van der Waals surface area (Å²) in [6, 6.07) is 17.4. The molecule has 1 saturated heterocycles. The number of halogens is 3. The highest BCUT2D eigenvalue weighted by molar-refractivity contribution is 5.95. The number of ether oxygens (including phenoxy) is 2. The SMILES string of the molecule is CC1=C(c2cccc(O)c2)C(c2ccc(OC[C@H](C)N3CCC[C@H]3C(F)(F)F)cc2)Oc2ccc(O)cc21. The molecule has 38 heavy (non-hydrogen) atoms. The number of phenols is 2. The summed E-state index contributed by atoms with van der Waals surface area (Å²) >= 11 is 0. The summed E-state index contributed by atoms with van der Waals surface area (Å²) in [5.74, 6) is 1.45. The van der Waals surface area contributed by atoms with Crippen molar-refractivity contribution in [3.8, 4) is 23.0 Å². The number of nitrogens with zero attached hydrogens (tertiary/aromatic N) is 1. The molecule has 3 atom stereocenters. The summed E-state index contributed by atoms with van der Waals surface area (Å²) in [6.45, 7) is 4.28. The Morgan fingerprint density at radius 3 is 2.47 bits per heavy atom.